The van der Waals surface area contributed by atoms with E-state index in [2.05, 4.69) is 40.2 Å². The summed E-state index contributed by atoms with van der Waals surface area (Å²) in [5, 5.41) is 4.01. The van der Waals surface area contributed by atoms with Crippen molar-refractivity contribution in [2.75, 3.05) is 51.3 Å². The first kappa shape index (κ1) is 35.4. The molecule has 3 heterocycles. The van der Waals surface area contributed by atoms with Gasteiger partial charge in [-0.15, -0.1) is 0 Å². The van der Waals surface area contributed by atoms with Crippen molar-refractivity contribution in [1.82, 2.24) is 19.8 Å². The van der Waals surface area contributed by atoms with Crippen molar-refractivity contribution in [3.05, 3.63) is 47.5 Å². The van der Waals surface area contributed by atoms with Crippen LogP contribution in [0.2, 0.25) is 25.7 Å². The number of aromatic nitrogens is 2. The Morgan fingerprint density at radius 3 is 2.41 bits per heavy atom. The normalized spacial score (nSPS) is 14.9. The predicted molar refractivity (Wildman–Crippen MR) is 159 cm³/mol. The highest BCUT2D eigenvalue weighted by Crippen LogP contribution is 2.45. The van der Waals surface area contributed by atoms with Crippen LogP contribution < -0.4 is 15.4 Å². The predicted octanol–water partition coefficient (Wildman–Crippen LogP) is 7.16. The van der Waals surface area contributed by atoms with E-state index in [1.165, 1.54) is 0 Å². The van der Waals surface area contributed by atoms with Crippen LogP contribution in [0.25, 0.3) is 11.0 Å². The van der Waals surface area contributed by atoms with E-state index in [0.29, 0.717) is 44.9 Å². The van der Waals surface area contributed by atoms with Crippen LogP contribution in [-0.2, 0) is 28.6 Å². The average molecular weight is 680 g/mol. The standard InChI is InChI=1S/C29H36F7N5O4Si/c1-46(2,3)14-13-44-18-41-17-21(29(34,35)36)24-23(5-7-37-26(24)41)45-25-20(28(31,32)33)15-19(16-22(25)30)39-27(42)38-6-4-8-40-9-11-43-12-10-40/h5,7,15-17H,4,6,8-14,18H2,1-3H3,(H2,38,39,42). The van der Waals surface area contributed by atoms with Crippen molar-refractivity contribution in [3.63, 3.8) is 0 Å². The van der Waals surface area contributed by atoms with Crippen LogP contribution in [-0.4, -0.2) is 74.6 Å². The van der Waals surface area contributed by atoms with Crippen molar-refractivity contribution in [2.24, 2.45) is 0 Å². The molecule has 0 bridgehead atoms. The number of hydrogen-bond acceptors (Lipinski definition) is 6. The van der Waals surface area contributed by atoms with Gasteiger partial charge in [0.25, 0.3) is 0 Å². The molecule has 46 heavy (non-hydrogen) atoms. The third-order valence-electron chi connectivity index (χ3n) is 7.11. The minimum absolute atomic E-state index is 0.210. The molecule has 1 saturated heterocycles. The maximum Gasteiger partial charge on any atom is 0.420 e. The second-order valence-corrected chi connectivity index (χ2v) is 17.6. The van der Waals surface area contributed by atoms with Gasteiger partial charge in [-0.2, -0.15) is 26.3 Å². The first-order valence-electron chi connectivity index (χ1n) is 14.6. The van der Waals surface area contributed by atoms with Gasteiger partial charge in [-0.05, 0) is 31.1 Å². The van der Waals surface area contributed by atoms with Crippen molar-refractivity contribution in [1.29, 1.82) is 0 Å². The maximum atomic E-state index is 15.3. The molecule has 3 aromatic rings. The zero-order valence-electron chi connectivity index (χ0n) is 25.6. The van der Waals surface area contributed by atoms with Gasteiger partial charge in [0.05, 0.1) is 24.2 Å². The second-order valence-electron chi connectivity index (χ2n) is 12.0. The number of morpholine rings is 1. The Morgan fingerprint density at radius 1 is 1.07 bits per heavy atom. The summed E-state index contributed by atoms with van der Waals surface area (Å²) in [6.45, 7) is 9.92. The number of ether oxygens (including phenoxy) is 3. The van der Waals surface area contributed by atoms with E-state index in [-0.39, 0.29) is 18.9 Å². The number of carbonyl (C=O) groups is 1. The van der Waals surface area contributed by atoms with Crippen LogP contribution >= 0.6 is 0 Å². The molecule has 1 fully saturated rings. The fourth-order valence-corrected chi connectivity index (χ4v) is 5.48. The van der Waals surface area contributed by atoms with Gasteiger partial charge in [0.15, 0.2) is 11.6 Å². The molecule has 1 aliphatic heterocycles. The summed E-state index contributed by atoms with van der Waals surface area (Å²) >= 11 is 0. The number of nitrogens with one attached hydrogen (secondary N) is 2. The second kappa shape index (κ2) is 14.6. The number of rotatable bonds is 12. The Morgan fingerprint density at radius 2 is 1.76 bits per heavy atom. The lowest BCUT2D eigenvalue weighted by Gasteiger charge is -2.26. The van der Waals surface area contributed by atoms with Gasteiger partial charge in [-0.25, -0.2) is 14.2 Å². The molecular formula is C29H36F7N5O4Si. The van der Waals surface area contributed by atoms with E-state index >= 15 is 4.39 Å². The lowest BCUT2D eigenvalue weighted by Crippen LogP contribution is -2.38. The number of carbonyl (C=O) groups excluding carboxylic acids is 1. The number of nitrogens with zero attached hydrogens (tertiary/aromatic N) is 3. The highest BCUT2D eigenvalue weighted by atomic mass is 28.3. The smallest absolute Gasteiger partial charge is 0.420 e. The van der Waals surface area contributed by atoms with E-state index in [9.17, 15) is 31.1 Å². The van der Waals surface area contributed by atoms with E-state index in [1.807, 2.05) is 0 Å². The third kappa shape index (κ3) is 9.56. The van der Waals surface area contributed by atoms with Crippen LogP contribution in [0, 0.1) is 5.82 Å². The number of pyridine rings is 1. The van der Waals surface area contributed by atoms with E-state index in [1.54, 1.807) is 0 Å². The summed E-state index contributed by atoms with van der Waals surface area (Å²) in [7, 11) is -1.49. The van der Waals surface area contributed by atoms with Crippen LogP contribution in [0.5, 0.6) is 11.5 Å². The molecule has 2 amide bonds. The number of amides is 2. The summed E-state index contributed by atoms with van der Waals surface area (Å²) in [6, 6.07) is 1.86. The van der Waals surface area contributed by atoms with Gasteiger partial charge >= 0.3 is 18.4 Å². The number of fused-ring (bicyclic) bond motifs is 1. The topological polar surface area (TPSA) is 89.9 Å². The molecule has 0 atom stereocenters. The molecule has 9 nitrogen and oxygen atoms in total. The molecule has 1 aromatic carbocycles. The van der Waals surface area contributed by atoms with Gasteiger partial charge < -0.3 is 29.4 Å². The number of halogens is 7. The first-order chi connectivity index (χ1) is 21.5. The monoisotopic (exact) mass is 679 g/mol. The Bertz CT molecular complexity index is 1500. The molecule has 0 unspecified atom stereocenters. The highest BCUT2D eigenvalue weighted by molar-refractivity contribution is 6.76. The van der Waals surface area contributed by atoms with Crippen molar-refractivity contribution in [2.45, 2.75) is 51.2 Å². The molecule has 0 aliphatic carbocycles. The molecule has 1 aliphatic rings. The first-order valence-corrected chi connectivity index (χ1v) is 18.3. The Balaban J connectivity index is 1.55. The molecule has 2 N–H and O–H groups in total. The summed E-state index contributed by atoms with van der Waals surface area (Å²) in [4.78, 5) is 18.4. The Hall–Kier alpha value is -3.41. The van der Waals surface area contributed by atoms with Gasteiger partial charge in [-0.1, -0.05) is 19.6 Å². The molecule has 0 spiro atoms. The van der Waals surface area contributed by atoms with Gasteiger partial charge in [0, 0.05) is 58.5 Å². The van der Waals surface area contributed by atoms with Gasteiger partial charge in [0.2, 0.25) is 0 Å². The molecule has 17 heteroatoms. The van der Waals surface area contributed by atoms with Crippen molar-refractivity contribution < 1.29 is 49.7 Å². The maximum absolute atomic E-state index is 15.3. The highest BCUT2D eigenvalue weighted by Gasteiger charge is 2.39. The fourth-order valence-electron chi connectivity index (χ4n) is 4.72. The molecule has 4 rings (SSSR count). The molecule has 2 aromatic heterocycles. The number of benzene rings is 1. The molecule has 0 radical (unpaired) electrons. The van der Waals surface area contributed by atoms with Crippen molar-refractivity contribution in [3.8, 4) is 11.5 Å². The summed E-state index contributed by atoms with van der Waals surface area (Å²) in [5.41, 5.74) is -3.67. The zero-order valence-corrected chi connectivity index (χ0v) is 26.6. The van der Waals surface area contributed by atoms with Gasteiger partial charge in [-0.3, -0.25) is 4.90 Å². The minimum atomic E-state index is -5.20. The number of hydrogen-bond donors (Lipinski definition) is 2. The fraction of sp³-hybridized carbons (Fsp3) is 0.517. The lowest BCUT2D eigenvalue weighted by molar-refractivity contribution is -0.139. The molecule has 254 valence electrons. The summed E-state index contributed by atoms with van der Waals surface area (Å²) in [5.74, 6) is -3.60. The molecule has 0 saturated carbocycles. The summed E-state index contributed by atoms with van der Waals surface area (Å²) in [6.07, 6.45) is -7.81. The number of anilines is 1. The van der Waals surface area contributed by atoms with E-state index < -0.39 is 66.0 Å². The average Bonchev–Trinajstić information content (AvgIpc) is 3.34. The SMILES string of the molecule is C[Si](C)(C)CCOCn1cc(C(F)(F)F)c2c(Oc3c(F)cc(NC(=O)NCCCN4CCOCC4)cc3C(F)(F)F)ccnc21. The van der Waals surface area contributed by atoms with Crippen LogP contribution in [0.15, 0.2) is 30.6 Å². The van der Waals surface area contributed by atoms with Crippen molar-refractivity contribution >= 4 is 30.8 Å². The summed E-state index contributed by atoms with van der Waals surface area (Å²) < 4.78 is 117. The molecular weight excluding hydrogens is 643 g/mol. The number of urea groups is 1. The Labute approximate surface area is 262 Å². The number of alkyl halides is 6. The zero-order chi connectivity index (χ0) is 33.7. The van der Waals surface area contributed by atoms with E-state index in [0.717, 1.165) is 42.2 Å². The van der Waals surface area contributed by atoms with Gasteiger partial charge in [0.1, 0.15) is 23.7 Å². The van der Waals surface area contributed by atoms with Crippen LogP contribution in [0.1, 0.15) is 17.5 Å². The third-order valence-corrected chi connectivity index (χ3v) is 8.81. The van der Waals surface area contributed by atoms with Crippen LogP contribution in [0.3, 0.4) is 0 Å². The van der Waals surface area contributed by atoms with E-state index in [4.69, 9.17) is 14.2 Å². The largest absolute Gasteiger partial charge is 0.453 e. The quantitative estimate of drug-likeness (QED) is 0.120. The lowest BCUT2D eigenvalue weighted by atomic mass is 10.1. The minimum Gasteiger partial charge on any atom is -0.453 e. The Kier molecular flexibility index (Phi) is 11.2. The van der Waals surface area contributed by atoms with Crippen LogP contribution in [0.4, 0.5) is 41.2 Å².